The molecular weight excluding hydrogens is 194 g/mol. The van der Waals surface area contributed by atoms with Crippen molar-refractivity contribution < 1.29 is 5.11 Å². The zero-order valence-corrected chi connectivity index (χ0v) is 8.41. The molecule has 6 heteroatoms. The molecule has 1 heterocycles. The van der Waals surface area contributed by atoms with E-state index in [2.05, 4.69) is 10.2 Å². The van der Waals surface area contributed by atoms with Crippen LogP contribution in [-0.4, -0.2) is 31.9 Å². The molecule has 0 bridgehead atoms. The Hall–Kier alpha value is -0.330. The van der Waals surface area contributed by atoms with E-state index in [4.69, 9.17) is 17.3 Å². The number of aromatic amines is 1. The van der Waals surface area contributed by atoms with Gasteiger partial charge in [0.25, 0.3) is 0 Å². The molecule has 1 aromatic rings. The van der Waals surface area contributed by atoms with Gasteiger partial charge in [0.2, 0.25) is 0 Å². The van der Waals surface area contributed by atoms with Crippen LogP contribution in [0.4, 0.5) is 0 Å². The molecule has 0 amide bonds. The Morgan fingerprint density at radius 1 is 1.75 bits per heavy atom. The van der Waals surface area contributed by atoms with Crippen LogP contribution >= 0.6 is 24.0 Å². The first-order valence-electron chi connectivity index (χ1n) is 3.53. The van der Waals surface area contributed by atoms with Crippen molar-refractivity contribution in [3.8, 4) is 0 Å². The summed E-state index contributed by atoms with van der Waals surface area (Å²) >= 11 is 6.71. The van der Waals surface area contributed by atoms with Gasteiger partial charge in [0.05, 0.1) is 0 Å². The van der Waals surface area contributed by atoms with Crippen LogP contribution < -0.4 is 0 Å². The maximum Gasteiger partial charge on any atom is 0.195 e. The molecule has 1 aromatic heterocycles. The predicted molar refractivity (Wildman–Crippen MR) is 51.7 cm³/mol. The molecule has 4 nitrogen and oxygen atoms in total. The van der Waals surface area contributed by atoms with E-state index in [1.807, 2.05) is 10.8 Å². The molecule has 0 aliphatic rings. The molecular formula is C6H11N3OS2. The third-order valence-electron chi connectivity index (χ3n) is 1.50. The standard InChI is InChI=1S/C6H11N3OS2/c1-12-3-2-9-5(4-10)7-8-6(9)11/h10H,2-4H2,1H3,(H,8,11). The summed E-state index contributed by atoms with van der Waals surface area (Å²) in [5.41, 5.74) is 0. The maximum atomic E-state index is 8.87. The maximum absolute atomic E-state index is 8.87. The van der Waals surface area contributed by atoms with Crippen molar-refractivity contribution in [1.29, 1.82) is 0 Å². The fraction of sp³-hybridized carbons (Fsp3) is 0.667. The predicted octanol–water partition coefficient (Wildman–Crippen LogP) is 0.796. The molecule has 0 spiro atoms. The lowest BCUT2D eigenvalue weighted by molar-refractivity contribution is 0.265. The number of hydrogen-bond donors (Lipinski definition) is 2. The van der Waals surface area contributed by atoms with Crippen LogP contribution in [0.25, 0.3) is 0 Å². The molecule has 0 unspecified atom stereocenters. The lowest BCUT2D eigenvalue weighted by atomic mass is 10.6. The van der Waals surface area contributed by atoms with Crippen LogP contribution in [0.1, 0.15) is 5.82 Å². The highest BCUT2D eigenvalue weighted by molar-refractivity contribution is 7.98. The van der Waals surface area contributed by atoms with Crippen molar-refractivity contribution >= 4 is 24.0 Å². The number of aliphatic hydroxyl groups excluding tert-OH is 1. The quantitative estimate of drug-likeness (QED) is 0.714. The first kappa shape index (κ1) is 9.76. The van der Waals surface area contributed by atoms with Gasteiger partial charge in [-0.3, -0.25) is 5.10 Å². The topological polar surface area (TPSA) is 53.8 Å². The average molecular weight is 205 g/mol. The SMILES string of the molecule is CSCCn1c(CO)n[nH]c1=S. The minimum atomic E-state index is -0.0679. The van der Waals surface area contributed by atoms with Gasteiger partial charge in [0, 0.05) is 12.3 Å². The number of H-pyrrole nitrogens is 1. The monoisotopic (exact) mass is 205 g/mol. The Kier molecular flexibility index (Phi) is 3.77. The Morgan fingerprint density at radius 3 is 3.08 bits per heavy atom. The van der Waals surface area contributed by atoms with E-state index in [-0.39, 0.29) is 6.61 Å². The zero-order chi connectivity index (χ0) is 8.97. The minimum absolute atomic E-state index is 0.0679. The van der Waals surface area contributed by atoms with Crippen molar-refractivity contribution in [1.82, 2.24) is 14.8 Å². The molecule has 1 rings (SSSR count). The van der Waals surface area contributed by atoms with Gasteiger partial charge in [0.15, 0.2) is 10.6 Å². The van der Waals surface area contributed by atoms with Crippen molar-refractivity contribution in [2.75, 3.05) is 12.0 Å². The normalized spacial score (nSPS) is 10.5. The fourth-order valence-electron chi connectivity index (χ4n) is 0.884. The average Bonchev–Trinajstić information content (AvgIpc) is 2.43. The summed E-state index contributed by atoms with van der Waals surface area (Å²) in [4.78, 5) is 0. The van der Waals surface area contributed by atoms with Gasteiger partial charge < -0.3 is 9.67 Å². The summed E-state index contributed by atoms with van der Waals surface area (Å²) in [6, 6.07) is 0. The number of rotatable bonds is 4. The van der Waals surface area contributed by atoms with E-state index in [0.29, 0.717) is 10.6 Å². The lowest BCUT2D eigenvalue weighted by Gasteiger charge is -2.01. The van der Waals surface area contributed by atoms with Gasteiger partial charge in [0.1, 0.15) is 6.61 Å². The Balaban J connectivity index is 2.79. The summed E-state index contributed by atoms with van der Waals surface area (Å²) in [7, 11) is 0. The number of hydrogen-bond acceptors (Lipinski definition) is 4. The highest BCUT2D eigenvalue weighted by atomic mass is 32.2. The van der Waals surface area contributed by atoms with Crippen molar-refractivity contribution in [2.24, 2.45) is 0 Å². The zero-order valence-electron chi connectivity index (χ0n) is 6.78. The molecule has 12 heavy (non-hydrogen) atoms. The number of aromatic nitrogens is 3. The van der Waals surface area contributed by atoms with Gasteiger partial charge in [-0.2, -0.15) is 16.9 Å². The Morgan fingerprint density at radius 2 is 2.50 bits per heavy atom. The van der Waals surface area contributed by atoms with Crippen molar-refractivity contribution in [3.05, 3.63) is 10.6 Å². The van der Waals surface area contributed by atoms with Crippen molar-refractivity contribution in [2.45, 2.75) is 13.2 Å². The summed E-state index contributed by atoms with van der Waals surface area (Å²) in [6.07, 6.45) is 2.03. The van der Waals surface area contributed by atoms with E-state index >= 15 is 0 Å². The van der Waals surface area contributed by atoms with Gasteiger partial charge in [-0.05, 0) is 18.5 Å². The Labute approximate surface area is 80.0 Å². The van der Waals surface area contributed by atoms with Crippen LogP contribution in [0.3, 0.4) is 0 Å². The van der Waals surface area contributed by atoms with Crippen LogP contribution in [0.5, 0.6) is 0 Å². The number of nitrogens with zero attached hydrogens (tertiary/aromatic N) is 2. The van der Waals surface area contributed by atoms with Crippen LogP contribution in [0, 0.1) is 4.77 Å². The third-order valence-corrected chi connectivity index (χ3v) is 2.40. The lowest BCUT2D eigenvalue weighted by Crippen LogP contribution is -2.05. The molecule has 0 radical (unpaired) electrons. The first-order chi connectivity index (χ1) is 5.79. The highest BCUT2D eigenvalue weighted by Gasteiger charge is 2.02. The Bertz CT molecular complexity index is 293. The molecule has 68 valence electrons. The molecule has 0 atom stereocenters. The summed E-state index contributed by atoms with van der Waals surface area (Å²) in [5.74, 6) is 1.58. The number of nitrogens with one attached hydrogen (secondary N) is 1. The molecule has 0 aromatic carbocycles. The summed E-state index contributed by atoms with van der Waals surface area (Å²) < 4.78 is 2.39. The summed E-state index contributed by atoms with van der Waals surface area (Å²) in [6.45, 7) is 0.730. The second-order valence-corrected chi connectivity index (χ2v) is 3.62. The number of thioether (sulfide) groups is 1. The van der Waals surface area contributed by atoms with E-state index in [1.54, 1.807) is 11.8 Å². The van der Waals surface area contributed by atoms with E-state index < -0.39 is 0 Å². The van der Waals surface area contributed by atoms with Crippen LogP contribution in [0.15, 0.2) is 0 Å². The molecule has 0 aliphatic carbocycles. The molecule has 0 saturated heterocycles. The van der Waals surface area contributed by atoms with Gasteiger partial charge >= 0.3 is 0 Å². The third kappa shape index (κ3) is 2.09. The van der Waals surface area contributed by atoms with Crippen LogP contribution in [0.2, 0.25) is 0 Å². The summed E-state index contributed by atoms with van der Waals surface area (Å²) in [5, 5.41) is 15.4. The molecule has 0 aliphatic heterocycles. The first-order valence-corrected chi connectivity index (χ1v) is 5.33. The molecule has 0 saturated carbocycles. The van der Waals surface area contributed by atoms with Crippen LogP contribution in [-0.2, 0) is 13.2 Å². The highest BCUT2D eigenvalue weighted by Crippen LogP contribution is 2.00. The van der Waals surface area contributed by atoms with Gasteiger partial charge in [-0.25, -0.2) is 0 Å². The largest absolute Gasteiger partial charge is 0.388 e. The van der Waals surface area contributed by atoms with E-state index in [9.17, 15) is 0 Å². The smallest absolute Gasteiger partial charge is 0.195 e. The van der Waals surface area contributed by atoms with Gasteiger partial charge in [-0.15, -0.1) is 0 Å². The van der Waals surface area contributed by atoms with Crippen molar-refractivity contribution in [3.63, 3.8) is 0 Å². The van der Waals surface area contributed by atoms with Gasteiger partial charge in [-0.1, -0.05) is 0 Å². The number of aliphatic hydroxyl groups is 1. The fourth-order valence-corrected chi connectivity index (χ4v) is 1.49. The van der Waals surface area contributed by atoms with E-state index in [0.717, 1.165) is 12.3 Å². The second kappa shape index (κ2) is 4.64. The second-order valence-electron chi connectivity index (χ2n) is 2.25. The van der Waals surface area contributed by atoms with E-state index in [1.165, 1.54) is 0 Å². The minimum Gasteiger partial charge on any atom is -0.388 e. The molecule has 0 fully saturated rings. The molecule has 2 N–H and O–H groups in total.